The van der Waals surface area contributed by atoms with Gasteiger partial charge in [0.15, 0.2) is 5.82 Å². The summed E-state index contributed by atoms with van der Waals surface area (Å²) in [5.74, 6) is 0.699. The van der Waals surface area contributed by atoms with Crippen LogP contribution in [0.25, 0.3) is 67.3 Å². The largest absolute Gasteiger partial charge is 0.228 e. The van der Waals surface area contributed by atoms with Gasteiger partial charge in [-0.3, -0.25) is 0 Å². The summed E-state index contributed by atoms with van der Waals surface area (Å²) in [5.41, 5.74) is 14.9. The third-order valence-corrected chi connectivity index (χ3v) is 9.34. The molecule has 0 atom stereocenters. The minimum atomic E-state index is -0.201. The zero-order valence-corrected chi connectivity index (χ0v) is 26.3. The van der Waals surface area contributed by atoms with Crippen LogP contribution in [0, 0.1) is 11.3 Å². The third-order valence-electron chi connectivity index (χ3n) is 9.34. The number of hydrogen-bond acceptors (Lipinski definition) is 3. The van der Waals surface area contributed by atoms with Crippen molar-refractivity contribution in [2.75, 3.05) is 0 Å². The summed E-state index contributed by atoms with van der Waals surface area (Å²) in [7, 11) is 0. The van der Waals surface area contributed by atoms with Crippen molar-refractivity contribution in [2.45, 2.75) is 19.3 Å². The van der Waals surface area contributed by atoms with Crippen LogP contribution in [0.5, 0.6) is 0 Å². The van der Waals surface area contributed by atoms with E-state index in [0.29, 0.717) is 11.4 Å². The first-order valence-electron chi connectivity index (χ1n) is 15.9. The third kappa shape index (κ3) is 5.11. The molecule has 0 saturated carbocycles. The Balaban J connectivity index is 1.20. The van der Waals surface area contributed by atoms with Crippen molar-refractivity contribution >= 4 is 0 Å². The van der Waals surface area contributed by atoms with Gasteiger partial charge in [-0.15, -0.1) is 0 Å². The molecule has 0 saturated heterocycles. The highest BCUT2D eigenvalue weighted by atomic mass is 14.9. The van der Waals surface area contributed by atoms with Crippen molar-refractivity contribution in [3.63, 3.8) is 0 Å². The van der Waals surface area contributed by atoms with Gasteiger partial charge in [-0.25, -0.2) is 9.97 Å². The molecule has 3 heteroatoms. The number of benzene rings is 6. The van der Waals surface area contributed by atoms with Crippen LogP contribution in [0.1, 0.15) is 30.5 Å². The highest BCUT2D eigenvalue weighted by molar-refractivity contribution is 5.85. The van der Waals surface area contributed by atoms with Crippen molar-refractivity contribution < 1.29 is 0 Å². The van der Waals surface area contributed by atoms with Crippen molar-refractivity contribution in [3.05, 3.63) is 168 Å². The van der Waals surface area contributed by atoms with Gasteiger partial charge < -0.3 is 0 Å². The van der Waals surface area contributed by atoms with Crippen LogP contribution in [0.4, 0.5) is 0 Å². The summed E-state index contributed by atoms with van der Waals surface area (Å²) >= 11 is 0. The van der Waals surface area contributed by atoms with Gasteiger partial charge in [-0.2, -0.15) is 5.26 Å². The van der Waals surface area contributed by atoms with E-state index in [1.54, 1.807) is 0 Å². The Morgan fingerprint density at radius 1 is 0.447 bits per heavy atom. The van der Waals surface area contributed by atoms with E-state index in [4.69, 9.17) is 9.97 Å². The predicted molar refractivity (Wildman–Crippen MR) is 191 cm³/mol. The van der Waals surface area contributed by atoms with E-state index in [1.165, 1.54) is 33.4 Å². The monoisotopic (exact) mass is 601 g/mol. The molecule has 0 fully saturated rings. The van der Waals surface area contributed by atoms with Crippen molar-refractivity contribution in [1.29, 1.82) is 5.26 Å². The zero-order valence-electron chi connectivity index (χ0n) is 26.3. The van der Waals surface area contributed by atoms with Gasteiger partial charge in [0.1, 0.15) is 0 Å². The quantitative estimate of drug-likeness (QED) is 0.197. The smallest absolute Gasteiger partial charge is 0.160 e. The Hall–Kier alpha value is -6.11. The maximum absolute atomic E-state index is 9.53. The SMILES string of the molecule is CC1(C)c2cc(C#N)ccc2-c2ccc(-c3cccc(-c4cc(-c5ccc(-c6ccccc6)cc5)nc(-c5ccccc5)n4)c3)cc21. The fourth-order valence-electron chi connectivity index (χ4n) is 6.77. The molecule has 0 radical (unpaired) electrons. The second kappa shape index (κ2) is 11.4. The first kappa shape index (κ1) is 28.4. The van der Waals surface area contributed by atoms with E-state index in [-0.39, 0.29) is 5.41 Å². The second-order valence-corrected chi connectivity index (χ2v) is 12.6. The van der Waals surface area contributed by atoms with E-state index >= 15 is 0 Å². The van der Waals surface area contributed by atoms with Gasteiger partial charge in [-0.05, 0) is 74.8 Å². The number of nitriles is 1. The average molecular weight is 602 g/mol. The van der Waals surface area contributed by atoms with Crippen molar-refractivity contribution in [3.8, 4) is 73.4 Å². The maximum Gasteiger partial charge on any atom is 0.160 e. The molecule has 8 rings (SSSR count). The first-order valence-corrected chi connectivity index (χ1v) is 15.9. The molecule has 1 aromatic heterocycles. The fourth-order valence-corrected chi connectivity index (χ4v) is 6.77. The minimum Gasteiger partial charge on any atom is -0.228 e. The topological polar surface area (TPSA) is 49.6 Å². The molecule has 0 amide bonds. The second-order valence-electron chi connectivity index (χ2n) is 12.6. The number of aromatic nitrogens is 2. The number of nitrogens with zero attached hydrogens (tertiary/aromatic N) is 3. The molecular formula is C44H31N3. The number of rotatable bonds is 5. The van der Waals surface area contributed by atoms with Crippen LogP contribution in [-0.2, 0) is 5.41 Å². The van der Waals surface area contributed by atoms with E-state index in [0.717, 1.165) is 39.2 Å². The lowest BCUT2D eigenvalue weighted by Gasteiger charge is -2.22. The van der Waals surface area contributed by atoms with E-state index in [1.807, 2.05) is 36.4 Å². The van der Waals surface area contributed by atoms with Crippen LogP contribution in [0.15, 0.2) is 152 Å². The Morgan fingerprint density at radius 3 is 1.66 bits per heavy atom. The van der Waals surface area contributed by atoms with Crippen LogP contribution in [0.3, 0.4) is 0 Å². The zero-order chi connectivity index (χ0) is 32.0. The van der Waals surface area contributed by atoms with Gasteiger partial charge in [0.25, 0.3) is 0 Å². The summed E-state index contributed by atoms with van der Waals surface area (Å²) in [6, 6.07) is 55.0. The van der Waals surface area contributed by atoms with E-state index < -0.39 is 0 Å². The van der Waals surface area contributed by atoms with Crippen LogP contribution >= 0.6 is 0 Å². The summed E-state index contributed by atoms with van der Waals surface area (Å²) in [5, 5.41) is 9.53. The summed E-state index contributed by atoms with van der Waals surface area (Å²) < 4.78 is 0. The molecule has 47 heavy (non-hydrogen) atoms. The molecule has 0 bridgehead atoms. The Morgan fingerprint density at radius 2 is 0.957 bits per heavy atom. The Bertz CT molecular complexity index is 2310. The molecule has 6 aromatic carbocycles. The first-order chi connectivity index (χ1) is 23.0. The van der Waals surface area contributed by atoms with Gasteiger partial charge in [0.05, 0.1) is 23.0 Å². The molecule has 0 unspecified atom stereocenters. The Kier molecular flexibility index (Phi) is 6.85. The summed E-state index contributed by atoms with van der Waals surface area (Å²) in [6.45, 7) is 4.50. The molecule has 222 valence electrons. The molecule has 1 heterocycles. The Labute approximate surface area is 275 Å². The van der Waals surface area contributed by atoms with Crippen molar-refractivity contribution in [2.24, 2.45) is 0 Å². The van der Waals surface area contributed by atoms with Crippen LogP contribution in [0.2, 0.25) is 0 Å². The molecule has 1 aliphatic carbocycles. The maximum atomic E-state index is 9.53. The lowest BCUT2D eigenvalue weighted by molar-refractivity contribution is 0.660. The lowest BCUT2D eigenvalue weighted by atomic mass is 9.81. The van der Waals surface area contributed by atoms with Gasteiger partial charge in [0, 0.05) is 22.1 Å². The summed E-state index contributed by atoms with van der Waals surface area (Å²) in [4.78, 5) is 10.1. The van der Waals surface area contributed by atoms with Crippen LogP contribution < -0.4 is 0 Å². The number of fused-ring (bicyclic) bond motifs is 3. The van der Waals surface area contributed by atoms with E-state index in [9.17, 15) is 5.26 Å². The number of hydrogen-bond donors (Lipinski definition) is 0. The lowest BCUT2D eigenvalue weighted by Crippen LogP contribution is -2.15. The standard InChI is InChI=1S/C44H31N3/c1-44(2)39-24-29(28-45)16-22-37(39)38-23-21-35(26-40(38)44)34-14-9-15-36(25-34)42-27-41(46-43(47-42)33-12-7-4-8-13-33)32-19-17-31(18-20-32)30-10-5-3-6-11-30/h3-27H,1-2H3. The highest BCUT2D eigenvalue weighted by Gasteiger charge is 2.35. The van der Waals surface area contributed by atoms with E-state index in [2.05, 4.69) is 135 Å². The van der Waals surface area contributed by atoms with Crippen LogP contribution in [-0.4, -0.2) is 9.97 Å². The molecule has 7 aromatic rings. The molecule has 0 aliphatic heterocycles. The average Bonchev–Trinajstić information content (AvgIpc) is 3.37. The summed E-state index contributed by atoms with van der Waals surface area (Å²) in [6.07, 6.45) is 0. The molecule has 3 nitrogen and oxygen atoms in total. The fraction of sp³-hybridized carbons (Fsp3) is 0.0682. The van der Waals surface area contributed by atoms with Gasteiger partial charge >= 0.3 is 0 Å². The van der Waals surface area contributed by atoms with Gasteiger partial charge in [0.2, 0.25) is 0 Å². The molecule has 0 N–H and O–H groups in total. The molecular weight excluding hydrogens is 571 g/mol. The van der Waals surface area contributed by atoms with Crippen molar-refractivity contribution in [1.82, 2.24) is 9.97 Å². The highest BCUT2D eigenvalue weighted by Crippen LogP contribution is 2.50. The van der Waals surface area contributed by atoms with Gasteiger partial charge in [-0.1, -0.05) is 135 Å². The molecule has 1 aliphatic rings. The molecule has 0 spiro atoms. The minimum absolute atomic E-state index is 0.201. The normalized spacial score (nSPS) is 12.6. The predicted octanol–water partition coefficient (Wildman–Crippen LogP) is 11.0.